The van der Waals surface area contributed by atoms with E-state index < -0.39 is 0 Å². The largest absolute Gasteiger partial charge is 0.456 e. The lowest BCUT2D eigenvalue weighted by Crippen LogP contribution is -2.50. The topological polar surface area (TPSA) is 261 Å². The standard InChI is InChI=1S/C35H42Cl2N6O2.C34H37Cl2N9.C30H37Cl2N7O2/c1-3-4-29(44)45-35-15-12-34(13-16-35,14-17-35)22-43-31(28-9-18-38-33(40-28)39-25-6-7-25)30(24-5-8-26(36)27(37)21-24)41-32(43)23-10-19-42(2)20-11-23;1-3-29-37-15-9-30(41-29)44-18-10-22(11-19-44)21-45-32(28-8-14-38-34(40-28)39-25-5-6-25)31(24-4-7-26(35)27(36)20-24)42-33(45)23-12-16-43(2)17-13-23;1-4-26(40)38(3)15-17-41-18-16-39-28(25-9-12-33-30(35-25)34-22-6-7-22)27(21-5-8-23(31)24(32)19-21)36-29(39)20-10-13-37(2)14-11-20/h3-5,8-9,18,21,23,25H,6-7,10-17,19-20,22H2,1-2H3,(H,38,39,40);1,4,7-9,14-15,20,22-23,25H,5-6,10-13,16-19,21H2,2H3,(H,38,39,40);4-5,8-9,12,19-20,22H,1,6-7,10-11,13-18H2,2-3H3,(H,33,34,35)/b4-3+;;. The predicted octanol–water partition coefficient (Wildman–Crippen LogP) is 19.7. The molecule has 3 N–H and O–H groups in total. The lowest BCUT2D eigenvalue weighted by atomic mass is 9.58. The van der Waals surface area contributed by atoms with Gasteiger partial charge in [-0.2, -0.15) is 0 Å². The number of benzene rings is 3. The molecule has 131 heavy (non-hydrogen) atoms. The van der Waals surface area contributed by atoms with E-state index in [0.717, 1.165) is 285 Å². The van der Waals surface area contributed by atoms with Crippen LogP contribution >= 0.6 is 69.6 Å². The van der Waals surface area contributed by atoms with Crippen molar-refractivity contribution < 1.29 is 19.1 Å². The number of likely N-dealkylation sites (N-methyl/N-ethyl adjacent to an activating group) is 1. The SMILES string of the molecule is C#Cc1nccc(N2CCC(Cn3c(C4CCN(C)CC4)nc(-c4ccc(Cl)c(Cl)c4)c3-c3ccnc(NC4CC4)n3)CC2)n1.C/C=C/C(=O)OC12CCC(Cn3c(C4CCN(C)CC4)nc(-c4ccc(Cl)c(Cl)c4)c3-c3ccnc(NC4CC4)n3)(CC1)CC2.C=CC(=O)N(C)CCOCCn1c(C2CCN(C)CC2)nc(-c2ccc(Cl)c(Cl)c2)c1-c1ccnc(NC2CC2)n1. The van der Waals surface area contributed by atoms with Crippen LogP contribution in [0.25, 0.3) is 67.9 Å². The minimum atomic E-state index is -0.339. The van der Waals surface area contributed by atoms with Crippen molar-refractivity contribution in [2.45, 2.75) is 196 Å². The minimum absolute atomic E-state index is 0.0987. The van der Waals surface area contributed by atoms with E-state index in [1.807, 2.05) is 98.2 Å². The molecule has 4 saturated heterocycles. The Labute approximate surface area is 797 Å². The number of hydrogen-bond acceptors (Lipinski definition) is 22. The molecule has 10 fully saturated rings. The third-order valence-corrected chi connectivity index (χ3v) is 29.6. The van der Waals surface area contributed by atoms with Crippen molar-refractivity contribution in [3.63, 3.8) is 0 Å². The number of amides is 1. The summed E-state index contributed by atoms with van der Waals surface area (Å²) in [5.74, 6) is 10.2. The number of likely N-dealkylation sites (tertiary alicyclic amines) is 3. The summed E-state index contributed by atoms with van der Waals surface area (Å²) in [5, 5.41) is 13.4. The Morgan fingerprint density at radius 1 is 0.504 bits per heavy atom. The summed E-state index contributed by atoms with van der Waals surface area (Å²) >= 11 is 38.7. The van der Waals surface area contributed by atoms with E-state index in [1.165, 1.54) is 12.2 Å². The summed E-state index contributed by atoms with van der Waals surface area (Å²) in [4.78, 5) is 88.9. The summed E-state index contributed by atoms with van der Waals surface area (Å²) < 4.78 is 19.3. The van der Waals surface area contributed by atoms with Crippen molar-refractivity contribution in [2.24, 2.45) is 11.3 Å². The number of halogens is 6. The molecule has 688 valence electrons. The Morgan fingerprint density at radius 2 is 0.916 bits per heavy atom. The molecular weight excluding hydrogens is 1770 g/mol. The molecule has 0 radical (unpaired) electrons. The van der Waals surface area contributed by atoms with Gasteiger partial charge in [0.15, 0.2) is 0 Å². The molecule has 0 spiro atoms. The molecule has 26 nitrogen and oxygen atoms in total. The highest BCUT2D eigenvalue weighted by Gasteiger charge is 2.52. The average molecular weight is 1890 g/mol. The van der Waals surface area contributed by atoms with Gasteiger partial charge in [0.1, 0.15) is 28.9 Å². The molecule has 1 amide bonds. The Hall–Kier alpha value is -9.63. The molecule has 20 rings (SSSR count). The average Bonchev–Trinajstić information content (AvgIpc) is 1.65. The smallest absolute Gasteiger partial charge is 0.330 e. The van der Waals surface area contributed by atoms with Crippen molar-refractivity contribution in [1.29, 1.82) is 0 Å². The van der Waals surface area contributed by atoms with Crippen LogP contribution in [0.4, 0.5) is 23.7 Å². The number of ether oxygens (including phenoxy) is 2. The number of piperidine rings is 4. The molecular formula is C99H116Cl6N22O4. The highest BCUT2D eigenvalue weighted by Crippen LogP contribution is 2.56. The second-order valence-electron chi connectivity index (χ2n) is 37.0. The third-order valence-electron chi connectivity index (χ3n) is 27.4. The van der Waals surface area contributed by atoms with Gasteiger partial charge in [-0.15, -0.1) is 6.42 Å². The molecule has 2 bridgehead atoms. The van der Waals surface area contributed by atoms with Gasteiger partial charge in [-0.25, -0.2) is 59.6 Å². The van der Waals surface area contributed by atoms with Gasteiger partial charge < -0.3 is 63.6 Å². The number of aromatic nitrogens is 14. The minimum Gasteiger partial charge on any atom is -0.456 e. The van der Waals surface area contributed by atoms with Crippen LogP contribution in [0.3, 0.4) is 0 Å². The van der Waals surface area contributed by atoms with E-state index in [0.29, 0.717) is 122 Å². The van der Waals surface area contributed by atoms with Gasteiger partial charge in [-0.1, -0.05) is 100 Å². The van der Waals surface area contributed by atoms with Crippen molar-refractivity contribution >= 4 is 105 Å². The molecule has 11 heterocycles. The van der Waals surface area contributed by atoms with Gasteiger partial charge in [0.05, 0.1) is 94.6 Å². The van der Waals surface area contributed by atoms with Gasteiger partial charge in [0.25, 0.3) is 0 Å². The first kappa shape index (κ1) is 93.2. The van der Waals surface area contributed by atoms with Crippen molar-refractivity contribution in [3.8, 4) is 80.3 Å². The van der Waals surface area contributed by atoms with Gasteiger partial charge in [-0.05, 0) is 280 Å². The Bertz CT molecular complexity index is 5790. The zero-order valence-corrected chi connectivity index (χ0v) is 79.8. The van der Waals surface area contributed by atoms with Crippen molar-refractivity contribution in [1.82, 2.24) is 88.1 Å². The Morgan fingerprint density at radius 3 is 1.33 bits per heavy atom. The molecule has 7 aromatic heterocycles. The number of carbonyl (C=O) groups excluding carboxylic acids is 2. The van der Waals surface area contributed by atoms with Gasteiger partial charge in [0, 0.05) is 130 Å². The van der Waals surface area contributed by atoms with Crippen LogP contribution in [0.1, 0.15) is 176 Å². The fraction of sp³-hybridized carbons (Fsp3) is 0.485. The van der Waals surface area contributed by atoms with Crippen molar-refractivity contribution in [2.75, 3.05) is 121 Å². The Balaban J connectivity index is 0.000000138. The molecule has 6 aliphatic carbocycles. The number of anilines is 4. The van der Waals surface area contributed by atoms with Crippen LogP contribution in [-0.2, 0) is 38.7 Å². The summed E-state index contributed by atoms with van der Waals surface area (Å²) in [6.07, 6.45) is 38.3. The van der Waals surface area contributed by atoms with Gasteiger partial charge in [0.2, 0.25) is 29.6 Å². The lowest BCUT2D eigenvalue weighted by Gasteiger charge is -2.53. The third kappa shape index (κ3) is 22.7. The van der Waals surface area contributed by atoms with Gasteiger partial charge >= 0.3 is 5.97 Å². The fourth-order valence-corrected chi connectivity index (χ4v) is 20.1. The zero-order chi connectivity index (χ0) is 91.0. The number of esters is 1. The van der Waals surface area contributed by atoms with Crippen LogP contribution in [0, 0.1) is 23.7 Å². The van der Waals surface area contributed by atoms with Crippen LogP contribution < -0.4 is 20.9 Å². The summed E-state index contributed by atoms with van der Waals surface area (Å²) in [6.45, 7) is 17.1. The van der Waals surface area contributed by atoms with Gasteiger partial charge in [-0.3, -0.25) is 4.79 Å². The summed E-state index contributed by atoms with van der Waals surface area (Å²) in [7, 11) is 8.30. The monoisotopic (exact) mass is 1890 g/mol. The summed E-state index contributed by atoms with van der Waals surface area (Å²) in [5.41, 5.74) is 10.5. The maximum atomic E-state index is 12.4. The molecule has 6 saturated carbocycles. The molecule has 10 aliphatic rings. The lowest BCUT2D eigenvalue weighted by molar-refractivity contribution is -0.172. The maximum Gasteiger partial charge on any atom is 0.330 e. The second-order valence-corrected chi connectivity index (χ2v) is 39.5. The van der Waals surface area contributed by atoms with E-state index in [4.69, 9.17) is 115 Å². The van der Waals surface area contributed by atoms with E-state index in [2.05, 4.69) is 108 Å². The van der Waals surface area contributed by atoms with Crippen molar-refractivity contribution in [3.05, 3.63) is 182 Å². The van der Waals surface area contributed by atoms with E-state index >= 15 is 0 Å². The number of allylic oxidation sites excluding steroid dienone is 1. The first-order chi connectivity index (χ1) is 63.5. The first-order valence-corrected chi connectivity index (χ1v) is 48.7. The second kappa shape index (κ2) is 41.9. The normalized spacial score (nSPS) is 20.1. The number of fused-ring (bicyclic) bond motifs is 3. The number of hydrogen-bond donors (Lipinski definition) is 3. The number of nitrogens with zero attached hydrogens (tertiary/aromatic N) is 19. The number of nitrogens with one attached hydrogen (secondary N) is 3. The molecule has 0 atom stereocenters. The van der Waals surface area contributed by atoms with Crippen LogP contribution in [-0.4, -0.2) is 224 Å². The summed E-state index contributed by atoms with van der Waals surface area (Å²) in [6, 6.07) is 26.4. The number of terminal acetylenes is 1. The van der Waals surface area contributed by atoms with E-state index in [9.17, 15) is 9.59 Å². The molecule has 0 unspecified atom stereocenters. The van der Waals surface area contributed by atoms with Crippen LogP contribution in [0.2, 0.25) is 30.1 Å². The fourth-order valence-electron chi connectivity index (χ4n) is 19.2. The van der Waals surface area contributed by atoms with Crippen LogP contribution in [0.15, 0.2) is 128 Å². The van der Waals surface area contributed by atoms with E-state index in [-0.39, 0.29) is 22.9 Å². The number of imidazole rings is 3. The zero-order valence-electron chi connectivity index (χ0n) is 75.3. The highest BCUT2D eigenvalue weighted by molar-refractivity contribution is 6.43. The predicted molar refractivity (Wildman–Crippen MR) is 522 cm³/mol. The van der Waals surface area contributed by atoms with Crippen LogP contribution in [0.5, 0.6) is 0 Å². The molecule has 32 heteroatoms. The molecule has 4 aliphatic heterocycles. The molecule has 10 aromatic rings. The highest BCUT2D eigenvalue weighted by atomic mass is 35.5. The quantitative estimate of drug-likeness (QED) is 0.0170. The molecule has 3 aromatic carbocycles. The number of carbonyl (C=O) groups is 2. The number of rotatable bonds is 29. The first-order valence-electron chi connectivity index (χ1n) is 46.4. The maximum absolute atomic E-state index is 12.4. The Kier molecular flexibility index (Phi) is 29.8. The van der Waals surface area contributed by atoms with E-state index in [1.54, 1.807) is 30.4 Å².